The van der Waals surface area contributed by atoms with Gasteiger partial charge in [0.05, 0.1) is 14.2 Å². The molecular weight excluding hydrogens is 949 g/mol. The van der Waals surface area contributed by atoms with E-state index in [0.717, 1.165) is 57.2 Å². The molecule has 4 aromatic carbocycles. The van der Waals surface area contributed by atoms with Gasteiger partial charge in [0.25, 0.3) is 32.1 Å². The summed E-state index contributed by atoms with van der Waals surface area (Å²) in [5, 5.41) is 4.89. The van der Waals surface area contributed by atoms with Crippen LogP contribution >= 0.6 is 0 Å². The molecule has 2 aliphatic heterocycles. The summed E-state index contributed by atoms with van der Waals surface area (Å²) in [7, 11) is -16.0. The fraction of sp³-hybridized carbons (Fsp3) is 0.250. The third-order valence-electron chi connectivity index (χ3n) is 10.5. The molecule has 26 heteroatoms. The number of methoxy groups -OCH3 is 2. The smallest absolute Gasteiger partial charge is 0.295 e. The van der Waals surface area contributed by atoms with E-state index in [1.807, 2.05) is 0 Å². The molecule has 0 spiro atoms. The van der Waals surface area contributed by atoms with Crippen molar-refractivity contribution in [3.63, 3.8) is 0 Å². The molecule has 0 bridgehead atoms. The third-order valence-corrected chi connectivity index (χ3v) is 16.1. The van der Waals surface area contributed by atoms with E-state index in [-0.39, 0.29) is 107 Å². The van der Waals surface area contributed by atoms with Crippen LogP contribution in [0.15, 0.2) is 92.4 Å². The molecule has 4 N–H and O–H groups in total. The van der Waals surface area contributed by atoms with Gasteiger partial charge in [-0.3, -0.25) is 28.3 Å². The van der Waals surface area contributed by atoms with E-state index in [1.165, 1.54) is 60.4 Å². The molecule has 6 rings (SSSR count). The van der Waals surface area contributed by atoms with Crippen molar-refractivity contribution in [2.45, 2.75) is 19.6 Å². The normalized spacial score (nSPS) is 15.6. The van der Waals surface area contributed by atoms with Gasteiger partial charge in [0, 0.05) is 74.9 Å². The quantitative estimate of drug-likeness (QED) is 0.0707. The molecule has 66 heavy (non-hydrogen) atoms. The van der Waals surface area contributed by atoms with E-state index in [9.17, 15) is 62.0 Å². The number of sulfonamides is 2. The average Bonchev–Trinajstić information content (AvgIpc) is 3.30. The first-order chi connectivity index (χ1) is 31.1. The zero-order valence-electron chi connectivity index (χ0n) is 34.9. The van der Waals surface area contributed by atoms with Crippen molar-refractivity contribution in [3.8, 4) is 11.5 Å². The number of nitrogens with zero attached hydrogens (tertiary/aromatic N) is 4. The van der Waals surface area contributed by atoms with Crippen molar-refractivity contribution in [3.05, 3.63) is 95.1 Å². The zero-order chi connectivity index (χ0) is 48.2. The van der Waals surface area contributed by atoms with Crippen LogP contribution in [0.25, 0.3) is 12.2 Å². The van der Waals surface area contributed by atoms with Gasteiger partial charge < -0.3 is 29.9 Å². The second kappa shape index (κ2) is 19.7. The molecule has 2 fully saturated rings. The maximum atomic E-state index is 13.6. The second-order valence-corrected chi connectivity index (χ2v) is 21.1. The Morgan fingerprint density at radius 1 is 0.515 bits per heavy atom. The summed E-state index contributed by atoms with van der Waals surface area (Å²) in [5.74, 6) is -1.88. The van der Waals surface area contributed by atoms with E-state index in [4.69, 9.17) is 9.47 Å². The van der Waals surface area contributed by atoms with Crippen LogP contribution in [0.2, 0.25) is 0 Å². The van der Waals surface area contributed by atoms with Crippen molar-refractivity contribution in [2.24, 2.45) is 0 Å². The van der Waals surface area contributed by atoms with E-state index >= 15 is 0 Å². The number of amides is 4. The highest BCUT2D eigenvalue weighted by Gasteiger charge is 2.33. The largest absolute Gasteiger partial charge is 0.495 e. The molecule has 352 valence electrons. The first-order valence-electron chi connectivity index (χ1n) is 19.4. The fourth-order valence-electron chi connectivity index (χ4n) is 6.95. The lowest BCUT2D eigenvalue weighted by Crippen LogP contribution is -2.48. The molecule has 0 unspecified atom stereocenters. The lowest BCUT2D eigenvalue weighted by atomic mass is 10.1. The number of benzene rings is 4. The molecule has 0 atom stereocenters. The molecule has 4 aromatic rings. The second-order valence-electron chi connectivity index (χ2n) is 14.5. The van der Waals surface area contributed by atoms with Gasteiger partial charge in [-0.25, -0.2) is 16.8 Å². The maximum absolute atomic E-state index is 13.6. The van der Waals surface area contributed by atoms with Crippen LogP contribution in [-0.4, -0.2) is 152 Å². The van der Waals surface area contributed by atoms with Gasteiger partial charge in [-0.15, -0.1) is 0 Å². The van der Waals surface area contributed by atoms with Crippen LogP contribution < -0.4 is 20.1 Å². The van der Waals surface area contributed by atoms with Crippen LogP contribution in [0.3, 0.4) is 0 Å². The summed E-state index contributed by atoms with van der Waals surface area (Å²) in [6.07, 6.45) is 3.40. The number of ether oxygens (including phenoxy) is 2. The van der Waals surface area contributed by atoms with Crippen LogP contribution in [0.5, 0.6) is 11.5 Å². The lowest BCUT2D eigenvalue weighted by molar-refractivity contribution is -0.119. The minimum Gasteiger partial charge on any atom is -0.495 e. The number of nitrogens with one attached hydrogen (secondary N) is 2. The van der Waals surface area contributed by atoms with Crippen molar-refractivity contribution in [1.29, 1.82) is 0 Å². The number of anilines is 2. The van der Waals surface area contributed by atoms with Crippen LogP contribution in [0, 0.1) is 0 Å². The molecule has 0 saturated carbocycles. The molecule has 0 aromatic heterocycles. The Bertz CT molecular complexity index is 2850. The molecule has 0 radical (unpaired) electrons. The number of carbonyl (C=O) groups excluding carboxylic acids is 4. The van der Waals surface area contributed by atoms with Gasteiger partial charge in [0.2, 0.25) is 32.9 Å². The Balaban J connectivity index is 1.22. The summed E-state index contributed by atoms with van der Waals surface area (Å²) in [6, 6.07) is 13.8. The Hall–Kier alpha value is -6.26. The summed E-state index contributed by atoms with van der Waals surface area (Å²) in [6.45, 7) is 0.584. The first-order valence-corrected chi connectivity index (χ1v) is 25.2. The van der Waals surface area contributed by atoms with Gasteiger partial charge in [-0.2, -0.15) is 25.4 Å². The summed E-state index contributed by atoms with van der Waals surface area (Å²) >= 11 is 0. The summed E-state index contributed by atoms with van der Waals surface area (Å²) < 4.78 is 138. The minimum absolute atomic E-state index is 0.00438. The van der Waals surface area contributed by atoms with Gasteiger partial charge in [-0.1, -0.05) is 24.3 Å². The van der Waals surface area contributed by atoms with Crippen LogP contribution in [-0.2, 0) is 49.9 Å². The Labute approximate surface area is 380 Å². The highest BCUT2D eigenvalue weighted by Crippen LogP contribution is 2.32. The van der Waals surface area contributed by atoms with Crippen molar-refractivity contribution < 1.29 is 71.4 Å². The average molecular weight is 991 g/mol. The topological polar surface area (TPSA) is 301 Å². The van der Waals surface area contributed by atoms with E-state index in [0.29, 0.717) is 12.8 Å². The number of carbonyl (C=O) groups is 4. The van der Waals surface area contributed by atoms with Crippen molar-refractivity contribution >= 4 is 88.4 Å². The fourth-order valence-corrected chi connectivity index (χ4v) is 11.6. The molecule has 22 nitrogen and oxygen atoms in total. The lowest BCUT2D eigenvalue weighted by Gasteiger charge is -2.32. The van der Waals surface area contributed by atoms with Gasteiger partial charge >= 0.3 is 0 Å². The number of rotatable bonds is 16. The SMILES string of the molecule is COc1ccc(C(=O)Nc2ccc(C=Cc3ccc(NC(=O)c4ccc(OC)c(S(=O)(=O)N5CCN(C=O)CC5)c4)cc3S(=O)(=O)O)c(S(=O)(=O)O)c2)cc1S(=O)(=O)N1CCN(C=O)CC1. The monoisotopic (exact) mass is 990 g/mol. The number of hydrogen-bond donors (Lipinski definition) is 4. The maximum Gasteiger partial charge on any atom is 0.295 e. The molecule has 2 aliphatic rings. The molecule has 4 amide bonds. The summed E-state index contributed by atoms with van der Waals surface area (Å²) in [5.41, 5.74) is -1.07. The van der Waals surface area contributed by atoms with E-state index in [2.05, 4.69) is 10.6 Å². The predicted molar refractivity (Wildman–Crippen MR) is 236 cm³/mol. The highest BCUT2D eigenvalue weighted by atomic mass is 32.2. The zero-order valence-corrected chi connectivity index (χ0v) is 38.2. The third kappa shape index (κ3) is 10.9. The first kappa shape index (κ1) is 49.2. The van der Waals surface area contributed by atoms with Gasteiger partial charge in [-0.05, 0) is 71.8 Å². The highest BCUT2D eigenvalue weighted by molar-refractivity contribution is 7.89. The van der Waals surface area contributed by atoms with Crippen LogP contribution in [0.1, 0.15) is 31.8 Å². The Morgan fingerprint density at radius 2 is 0.864 bits per heavy atom. The standard InChI is InChI=1S/C40H42N6O16S4/c1-61-33-11-7-29(21-37(33)63(51,52)45-17-13-43(25-47)14-18-45)39(49)41-31-9-5-27(35(23-31)65(55,56)57)3-4-28-6-10-32(24-36(28)66(58,59)60)42-40(50)30-8-12-34(62-2)38(22-30)64(53,54)46-19-15-44(26-48)16-20-46/h3-12,21-26H,13-20H2,1-2H3,(H,41,49)(H,42,50)(H,55,56,57)(H,58,59,60). The number of hydrogen-bond acceptors (Lipinski definition) is 14. The Morgan fingerprint density at radius 3 is 1.17 bits per heavy atom. The van der Waals surface area contributed by atoms with E-state index < -0.39 is 61.9 Å². The summed E-state index contributed by atoms with van der Waals surface area (Å²) in [4.78, 5) is 49.7. The Kier molecular flexibility index (Phi) is 14.7. The van der Waals surface area contributed by atoms with Crippen molar-refractivity contribution in [1.82, 2.24) is 18.4 Å². The molecule has 2 heterocycles. The predicted octanol–water partition coefficient (Wildman–Crippen LogP) is 1.80. The molecule has 0 aliphatic carbocycles. The molecule has 2 saturated heterocycles. The van der Waals surface area contributed by atoms with Crippen molar-refractivity contribution in [2.75, 3.05) is 77.2 Å². The van der Waals surface area contributed by atoms with Gasteiger partial charge in [0.15, 0.2) is 0 Å². The minimum atomic E-state index is -5.03. The van der Waals surface area contributed by atoms with E-state index in [1.54, 1.807) is 0 Å². The molecular formula is C40H42N6O16S4. The van der Waals surface area contributed by atoms with Crippen LogP contribution in [0.4, 0.5) is 11.4 Å². The number of piperazine rings is 2. The van der Waals surface area contributed by atoms with Gasteiger partial charge in [0.1, 0.15) is 31.1 Å².